The minimum absolute atomic E-state index is 0.0230. The summed E-state index contributed by atoms with van der Waals surface area (Å²) >= 11 is 0. The van der Waals surface area contributed by atoms with Gasteiger partial charge in [0.2, 0.25) is 0 Å². The minimum atomic E-state index is -1.05. The van der Waals surface area contributed by atoms with Crippen molar-refractivity contribution in [2.75, 3.05) is 6.61 Å². The number of aryl methyl sites for hydroxylation is 1. The summed E-state index contributed by atoms with van der Waals surface area (Å²) < 4.78 is 1.56. The lowest BCUT2D eigenvalue weighted by atomic mass is 10.2. The molecule has 2 N–H and O–H groups in total. The van der Waals surface area contributed by atoms with Crippen molar-refractivity contribution in [3.8, 4) is 0 Å². The fourth-order valence-corrected chi connectivity index (χ4v) is 1.38. The largest absolute Gasteiger partial charge is 0.476 e. The van der Waals surface area contributed by atoms with Gasteiger partial charge in [0, 0.05) is 13.2 Å². The van der Waals surface area contributed by atoms with Crippen molar-refractivity contribution in [2.24, 2.45) is 0 Å². The van der Waals surface area contributed by atoms with E-state index in [4.69, 9.17) is 10.2 Å². The van der Waals surface area contributed by atoms with E-state index >= 15 is 0 Å². The van der Waals surface area contributed by atoms with Crippen LogP contribution in [0, 0.1) is 0 Å². The van der Waals surface area contributed by atoms with Crippen LogP contribution in [0.3, 0.4) is 0 Å². The van der Waals surface area contributed by atoms with Crippen LogP contribution in [-0.2, 0) is 13.0 Å². The number of rotatable bonds is 6. The highest BCUT2D eigenvalue weighted by atomic mass is 16.4. The van der Waals surface area contributed by atoms with Crippen LogP contribution in [0.2, 0.25) is 0 Å². The number of carboxylic acid groups (broad SMARTS) is 1. The molecule has 0 unspecified atom stereocenters. The number of aromatic carboxylic acids is 1. The third-order valence-corrected chi connectivity index (χ3v) is 2.06. The summed E-state index contributed by atoms with van der Waals surface area (Å²) in [6.45, 7) is 2.54. The van der Waals surface area contributed by atoms with Gasteiger partial charge in [-0.05, 0) is 12.8 Å². The van der Waals surface area contributed by atoms with E-state index in [2.05, 4.69) is 10.3 Å². The molecule has 0 amide bonds. The Labute approximate surface area is 87.5 Å². The van der Waals surface area contributed by atoms with E-state index in [1.54, 1.807) is 4.68 Å². The van der Waals surface area contributed by atoms with Crippen molar-refractivity contribution in [1.82, 2.24) is 15.0 Å². The normalized spacial score (nSPS) is 10.5. The smallest absolute Gasteiger partial charge is 0.358 e. The molecule has 6 nitrogen and oxygen atoms in total. The Morgan fingerprint density at radius 3 is 2.80 bits per heavy atom. The van der Waals surface area contributed by atoms with Gasteiger partial charge in [-0.15, -0.1) is 5.10 Å². The van der Waals surface area contributed by atoms with Crippen molar-refractivity contribution in [3.05, 3.63) is 11.4 Å². The first-order valence-electron chi connectivity index (χ1n) is 4.97. The number of nitrogens with zero attached hydrogens (tertiary/aromatic N) is 3. The summed E-state index contributed by atoms with van der Waals surface area (Å²) in [4.78, 5) is 10.8. The number of aliphatic hydroxyl groups is 1. The quantitative estimate of drug-likeness (QED) is 0.710. The van der Waals surface area contributed by atoms with Crippen LogP contribution in [0.25, 0.3) is 0 Å². The van der Waals surface area contributed by atoms with Gasteiger partial charge in [-0.2, -0.15) is 0 Å². The molecule has 0 radical (unpaired) electrons. The summed E-state index contributed by atoms with van der Waals surface area (Å²) in [7, 11) is 0. The van der Waals surface area contributed by atoms with Crippen molar-refractivity contribution in [3.63, 3.8) is 0 Å². The second-order valence-electron chi connectivity index (χ2n) is 3.24. The Balaban J connectivity index is 2.90. The van der Waals surface area contributed by atoms with Crippen LogP contribution < -0.4 is 0 Å². The van der Waals surface area contributed by atoms with Crippen molar-refractivity contribution < 1.29 is 15.0 Å². The SMILES string of the molecule is CCCc1c(C(=O)O)nnn1CCCO. The number of carboxylic acids is 1. The third kappa shape index (κ3) is 2.76. The fourth-order valence-electron chi connectivity index (χ4n) is 1.38. The third-order valence-electron chi connectivity index (χ3n) is 2.06. The van der Waals surface area contributed by atoms with E-state index in [1.165, 1.54) is 0 Å². The molecule has 0 aliphatic heterocycles. The van der Waals surface area contributed by atoms with Gasteiger partial charge in [-0.25, -0.2) is 9.48 Å². The Bertz CT molecular complexity index is 335. The Morgan fingerprint density at radius 2 is 2.27 bits per heavy atom. The van der Waals surface area contributed by atoms with Gasteiger partial charge in [-0.3, -0.25) is 0 Å². The zero-order valence-electron chi connectivity index (χ0n) is 8.68. The molecule has 0 bridgehead atoms. The average molecular weight is 213 g/mol. The maximum absolute atomic E-state index is 10.8. The van der Waals surface area contributed by atoms with Crippen molar-refractivity contribution in [1.29, 1.82) is 0 Å². The van der Waals surface area contributed by atoms with Crippen LogP contribution in [0.5, 0.6) is 0 Å². The van der Waals surface area contributed by atoms with E-state index in [0.29, 0.717) is 25.1 Å². The van der Waals surface area contributed by atoms with Crippen LogP contribution in [0.4, 0.5) is 0 Å². The summed E-state index contributed by atoms with van der Waals surface area (Å²) in [5, 5.41) is 24.9. The Hall–Kier alpha value is -1.43. The average Bonchev–Trinajstić information content (AvgIpc) is 2.59. The summed E-state index contributed by atoms with van der Waals surface area (Å²) in [6.07, 6.45) is 2.03. The lowest BCUT2D eigenvalue weighted by Gasteiger charge is -2.04. The first-order valence-corrected chi connectivity index (χ1v) is 4.97. The van der Waals surface area contributed by atoms with E-state index in [0.717, 1.165) is 6.42 Å². The summed E-state index contributed by atoms with van der Waals surface area (Å²) in [5.41, 5.74) is 0.660. The van der Waals surface area contributed by atoms with Gasteiger partial charge in [0.05, 0.1) is 5.69 Å². The van der Waals surface area contributed by atoms with E-state index < -0.39 is 5.97 Å². The van der Waals surface area contributed by atoms with Gasteiger partial charge < -0.3 is 10.2 Å². The first kappa shape index (κ1) is 11.6. The van der Waals surface area contributed by atoms with Crippen molar-refractivity contribution in [2.45, 2.75) is 32.7 Å². The molecule has 0 aliphatic carbocycles. The van der Waals surface area contributed by atoms with Crippen molar-refractivity contribution >= 4 is 5.97 Å². The molecule has 0 spiro atoms. The molecule has 1 rings (SSSR count). The zero-order valence-corrected chi connectivity index (χ0v) is 8.68. The van der Waals surface area contributed by atoms with Gasteiger partial charge in [-0.1, -0.05) is 18.6 Å². The molecule has 0 saturated heterocycles. The maximum Gasteiger partial charge on any atom is 0.358 e. The second-order valence-corrected chi connectivity index (χ2v) is 3.24. The first-order chi connectivity index (χ1) is 7.20. The fraction of sp³-hybridized carbons (Fsp3) is 0.667. The second kappa shape index (κ2) is 5.45. The molecule has 6 heteroatoms. The van der Waals surface area contributed by atoms with Crippen LogP contribution in [-0.4, -0.2) is 37.8 Å². The molecular formula is C9H15N3O3. The van der Waals surface area contributed by atoms with E-state index in [1.807, 2.05) is 6.92 Å². The molecule has 15 heavy (non-hydrogen) atoms. The van der Waals surface area contributed by atoms with Gasteiger partial charge in [0.1, 0.15) is 0 Å². The molecule has 0 aromatic carbocycles. The molecule has 0 aliphatic rings. The topological polar surface area (TPSA) is 88.2 Å². The molecule has 0 fully saturated rings. The van der Waals surface area contributed by atoms with Gasteiger partial charge in [0.25, 0.3) is 0 Å². The molecule has 1 aromatic rings. The number of aliphatic hydroxyl groups excluding tert-OH is 1. The van der Waals surface area contributed by atoms with Crippen LogP contribution >= 0.6 is 0 Å². The molecule has 1 heterocycles. The minimum Gasteiger partial charge on any atom is -0.476 e. The number of hydrogen-bond acceptors (Lipinski definition) is 4. The lowest BCUT2D eigenvalue weighted by Crippen LogP contribution is -2.09. The maximum atomic E-state index is 10.8. The molecule has 0 atom stereocenters. The molecular weight excluding hydrogens is 198 g/mol. The summed E-state index contributed by atoms with van der Waals surface area (Å²) in [6, 6.07) is 0. The van der Waals surface area contributed by atoms with Gasteiger partial charge >= 0.3 is 5.97 Å². The molecule has 84 valence electrons. The number of aromatic nitrogens is 3. The lowest BCUT2D eigenvalue weighted by molar-refractivity contribution is 0.0689. The highest BCUT2D eigenvalue weighted by Gasteiger charge is 2.17. The van der Waals surface area contributed by atoms with Crippen LogP contribution in [0.1, 0.15) is 35.9 Å². The summed E-state index contributed by atoms with van der Waals surface area (Å²) in [5.74, 6) is -1.05. The van der Waals surface area contributed by atoms with Gasteiger partial charge in [0.15, 0.2) is 5.69 Å². The van der Waals surface area contributed by atoms with Crippen LogP contribution in [0.15, 0.2) is 0 Å². The predicted molar refractivity (Wildman–Crippen MR) is 52.7 cm³/mol. The standard InChI is InChI=1S/C9H15N3O3/c1-2-4-7-8(9(14)15)10-11-12(7)5-3-6-13/h13H,2-6H2,1H3,(H,14,15). The monoisotopic (exact) mass is 213 g/mol. The van der Waals surface area contributed by atoms with E-state index in [9.17, 15) is 4.79 Å². The highest BCUT2D eigenvalue weighted by molar-refractivity contribution is 5.86. The molecule has 1 aromatic heterocycles. The Morgan fingerprint density at radius 1 is 1.53 bits per heavy atom. The predicted octanol–water partition coefficient (Wildman–Crippen LogP) is 0.311. The molecule has 0 saturated carbocycles. The van der Waals surface area contributed by atoms with E-state index in [-0.39, 0.29) is 12.3 Å². The number of hydrogen-bond donors (Lipinski definition) is 2. The zero-order chi connectivity index (χ0) is 11.3. The Kier molecular flexibility index (Phi) is 4.23. The highest BCUT2D eigenvalue weighted by Crippen LogP contribution is 2.09. The number of carbonyl (C=O) groups is 1.